The van der Waals surface area contributed by atoms with Gasteiger partial charge < -0.3 is 10.1 Å². The molecule has 0 aliphatic carbocycles. The third kappa shape index (κ3) is 3.89. The van der Waals surface area contributed by atoms with Crippen molar-refractivity contribution in [2.75, 3.05) is 20.8 Å². The van der Waals surface area contributed by atoms with Gasteiger partial charge in [0, 0.05) is 24.2 Å². The Hall–Kier alpha value is -0.380. The lowest BCUT2D eigenvalue weighted by molar-refractivity contribution is 0.171. The maximum atomic E-state index is 5.13. The number of benzene rings is 1. The molecule has 2 atom stereocenters. The predicted octanol–water partition coefficient (Wildman–Crippen LogP) is 3.38. The van der Waals surface area contributed by atoms with Gasteiger partial charge in [0.05, 0.1) is 0 Å². The molecule has 0 spiro atoms. The van der Waals surface area contributed by atoms with Crippen molar-refractivity contribution >= 4 is 15.9 Å². The van der Waals surface area contributed by atoms with Gasteiger partial charge in [0.1, 0.15) is 0 Å². The van der Waals surface area contributed by atoms with Crippen LogP contribution in [0.15, 0.2) is 28.7 Å². The normalized spacial score (nSPS) is 14.8. The molecule has 1 N–H and O–H groups in total. The molecule has 0 aliphatic rings. The minimum absolute atomic E-state index is 0.392. The molecule has 2 unspecified atom stereocenters. The molecule has 0 fully saturated rings. The highest BCUT2D eigenvalue weighted by molar-refractivity contribution is 9.10. The van der Waals surface area contributed by atoms with E-state index < -0.39 is 0 Å². The minimum atomic E-state index is 0.392. The van der Waals surface area contributed by atoms with Crippen LogP contribution in [0.4, 0.5) is 0 Å². The van der Waals surface area contributed by atoms with E-state index in [1.54, 1.807) is 7.11 Å². The molecule has 0 bridgehead atoms. The fraction of sp³-hybridized carbons (Fsp3) is 0.538. The molecule has 0 saturated carbocycles. The second-order valence-electron chi connectivity index (χ2n) is 4.08. The first-order valence-corrected chi connectivity index (χ1v) is 6.40. The summed E-state index contributed by atoms with van der Waals surface area (Å²) in [5, 5.41) is 3.38. The van der Waals surface area contributed by atoms with E-state index in [2.05, 4.69) is 52.4 Å². The van der Waals surface area contributed by atoms with Gasteiger partial charge in [-0.25, -0.2) is 0 Å². The molecule has 1 rings (SSSR count). The lowest BCUT2D eigenvalue weighted by atomic mass is 9.92. The van der Waals surface area contributed by atoms with Gasteiger partial charge in [0.25, 0.3) is 0 Å². The smallest absolute Gasteiger partial charge is 0.0465 e. The van der Waals surface area contributed by atoms with Crippen LogP contribution in [0.2, 0.25) is 0 Å². The van der Waals surface area contributed by atoms with Gasteiger partial charge in [0.15, 0.2) is 0 Å². The van der Waals surface area contributed by atoms with Crippen LogP contribution >= 0.6 is 15.9 Å². The molecule has 0 heterocycles. The summed E-state index contributed by atoms with van der Waals surface area (Å²) in [4.78, 5) is 0. The molecule has 0 aliphatic heterocycles. The summed E-state index contributed by atoms with van der Waals surface area (Å²) in [6.07, 6.45) is 1.07. The maximum Gasteiger partial charge on any atom is 0.0465 e. The fourth-order valence-electron chi connectivity index (χ4n) is 1.92. The second kappa shape index (κ2) is 7.05. The molecule has 0 radical (unpaired) electrons. The van der Waals surface area contributed by atoms with Crippen molar-refractivity contribution in [3.63, 3.8) is 0 Å². The molecule has 0 aromatic heterocycles. The topological polar surface area (TPSA) is 21.3 Å². The molecule has 90 valence electrons. The lowest BCUT2D eigenvalue weighted by Gasteiger charge is -2.24. The van der Waals surface area contributed by atoms with Crippen LogP contribution in [-0.4, -0.2) is 20.8 Å². The molecule has 0 amide bonds. The monoisotopic (exact) mass is 285 g/mol. The first kappa shape index (κ1) is 13.7. The first-order chi connectivity index (χ1) is 7.69. The molecular formula is C13H20BrNO. The largest absolute Gasteiger partial charge is 0.385 e. The van der Waals surface area contributed by atoms with Crippen molar-refractivity contribution in [1.29, 1.82) is 0 Å². The first-order valence-electron chi connectivity index (χ1n) is 5.60. The van der Waals surface area contributed by atoms with E-state index in [0.29, 0.717) is 12.0 Å². The van der Waals surface area contributed by atoms with E-state index in [9.17, 15) is 0 Å². The van der Waals surface area contributed by atoms with E-state index in [1.165, 1.54) is 5.56 Å². The number of halogens is 1. The van der Waals surface area contributed by atoms with Gasteiger partial charge in [-0.3, -0.25) is 0 Å². The Morgan fingerprint density at radius 3 is 2.44 bits per heavy atom. The summed E-state index contributed by atoms with van der Waals surface area (Å²) in [6, 6.07) is 8.89. The van der Waals surface area contributed by atoms with Crippen molar-refractivity contribution in [2.45, 2.75) is 19.4 Å². The van der Waals surface area contributed by atoms with Gasteiger partial charge in [-0.1, -0.05) is 35.0 Å². The van der Waals surface area contributed by atoms with Crippen molar-refractivity contribution in [3.05, 3.63) is 34.3 Å². The third-order valence-corrected chi connectivity index (χ3v) is 3.42. The quantitative estimate of drug-likeness (QED) is 0.865. The Balaban J connectivity index is 2.69. The van der Waals surface area contributed by atoms with Crippen LogP contribution in [0.3, 0.4) is 0 Å². The van der Waals surface area contributed by atoms with Crippen molar-refractivity contribution < 1.29 is 4.74 Å². The highest BCUT2D eigenvalue weighted by Crippen LogP contribution is 2.25. The Labute approximate surface area is 107 Å². The fourth-order valence-corrected chi connectivity index (χ4v) is 2.18. The Morgan fingerprint density at radius 2 is 1.94 bits per heavy atom. The highest BCUT2D eigenvalue weighted by atomic mass is 79.9. The van der Waals surface area contributed by atoms with E-state index in [4.69, 9.17) is 4.74 Å². The number of hydrogen-bond acceptors (Lipinski definition) is 2. The van der Waals surface area contributed by atoms with E-state index >= 15 is 0 Å². The van der Waals surface area contributed by atoms with Crippen molar-refractivity contribution in [3.8, 4) is 0 Å². The van der Waals surface area contributed by atoms with Gasteiger partial charge in [0.2, 0.25) is 0 Å². The molecule has 1 aromatic carbocycles. The number of hydrogen-bond donors (Lipinski definition) is 1. The summed E-state index contributed by atoms with van der Waals surface area (Å²) in [5.74, 6) is 0.561. The molecule has 1 aromatic rings. The number of methoxy groups -OCH3 is 1. The Bertz CT molecular complexity index is 299. The van der Waals surface area contributed by atoms with E-state index in [-0.39, 0.29) is 0 Å². The molecule has 0 saturated heterocycles. The third-order valence-electron chi connectivity index (χ3n) is 2.89. The lowest BCUT2D eigenvalue weighted by Crippen LogP contribution is -2.24. The SMILES string of the molecule is CNC(c1ccc(Br)cc1)C(C)CCOC. The van der Waals surface area contributed by atoms with Crippen LogP contribution in [0.25, 0.3) is 0 Å². The summed E-state index contributed by atoms with van der Waals surface area (Å²) >= 11 is 3.46. The number of ether oxygens (including phenoxy) is 1. The number of nitrogens with one attached hydrogen (secondary N) is 1. The predicted molar refractivity (Wildman–Crippen MR) is 71.6 cm³/mol. The van der Waals surface area contributed by atoms with E-state index in [0.717, 1.165) is 17.5 Å². The number of rotatable bonds is 6. The van der Waals surface area contributed by atoms with Crippen molar-refractivity contribution in [2.24, 2.45) is 5.92 Å². The Kier molecular flexibility index (Phi) is 6.03. The zero-order chi connectivity index (χ0) is 12.0. The zero-order valence-electron chi connectivity index (χ0n) is 10.2. The molecule has 2 nitrogen and oxygen atoms in total. The van der Waals surface area contributed by atoms with Gasteiger partial charge in [-0.15, -0.1) is 0 Å². The summed E-state index contributed by atoms with van der Waals surface area (Å²) < 4.78 is 6.25. The van der Waals surface area contributed by atoms with E-state index in [1.807, 2.05) is 7.05 Å². The van der Waals surface area contributed by atoms with Crippen LogP contribution in [0.5, 0.6) is 0 Å². The van der Waals surface area contributed by atoms with Crippen LogP contribution < -0.4 is 5.32 Å². The minimum Gasteiger partial charge on any atom is -0.385 e. The molecule has 16 heavy (non-hydrogen) atoms. The van der Waals surface area contributed by atoms with Crippen LogP contribution in [0.1, 0.15) is 24.9 Å². The van der Waals surface area contributed by atoms with Crippen LogP contribution in [0, 0.1) is 5.92 Å². The van der Waals surface area contributed by atoms with Gasteiger partial charge >= 0.3 is 0 Å². The van der Waals surface area contributed by atoms with Crippen LogP contribution in [-0.2, 0) is 4.74 Å². The average Bonchev–Trinajstić information content (AvgIpc) is 2.30. The summed E-state index contributed by atoms with van der Waals surface area (Å²) in [7, 11) is 3.76. The average molecular weight is 286 g/mol. The second-order valence-corrected chi connectivity index (χ2v) is 4.99. The standard InChI is InChI=1S/C13H20BrNO/c1-10(8-9-16-3)13(15-2)11-4-6-12(14)7-5-11/h4-7,10,13,15H,8-9H2,1-3H3. The molecular weight excluding hydrogens is 266 g/mol. The summed E-state index contributed by atoms with van der Waals surface area (Å²) in [6.45, 7) is 3.07. The zero-order valence-corrected chi connectivity index (χ0v) is 11.8. The molecule has 3 heteroatoms. The van der Waals surface area contributed by atoms with Crippen molar-refractivity contribution in [1.82, 2.24) is 5.32 Å². The maximum absolute atomic E-state index is 5.13. The van der Waals surface area contributed by atoms with Gasteiger partial charge in [-0.2, -0.15) is 0 Å². The summed E-state index contributed by atoms with van der Waals surface area (Å²) in [5.41, 5.74) is 1.33. The van der Waals surface area contributed by atoms with Gasteiger partial charge in [-0.05, 0) is 37.1 Å². The Morgan fingerprint density at radius 1 is 1.31 bits per heavy atom. The highest BCUT2D eigenvalue weighted by Gasteiger charge is 2.16.